The third-order valence-electron chi connectivity index (χ3n) is 3.04. The highest BCUT2D eigenvalue weighted by molar-refractivity contribution is 7.19. The van der Waals surface area contributed by atoms with Crippen LogP contribution in [0.5, 0.6) is 0 Å². The van der Waals surface area contributed by atoms with Gasteiger partial charge in [0, 0.05) is 11.3 Å². The van der Waals surface area contributed by atoms with Gasteiger partial charge in [0.2, 0.25) is 0 Å². The number of aryl methyl sites for hydroxylation is 3. The summed E-state index contributed by atoms with van der Waals surface area (Å²) < 4.78 is 0. The van der Waals surface area contributed by atoms with Crippen LogP contribution in [-0.4, -0.2) is 9.97 Å². The molecule has 0 N–H and O–H groups in total. The van der Waals surface area contributed by atoms with Gasteiger partial charge in [0.25, 0.3) is 0 Å². The molecule has 1 aliphatic carbocycles. The second kappa shape index (κ2) is 3.97. The van der Waals surface area contributed by atoms with Crippen molar-refractivity contribution < 1.29 is 0 Å². The lowest BCUT2D eigenvalue weighted by molar-refractivity contribution is 0.845. The molecule has 0 saturated carbocycles. The van der Waals surface area contributed by atoms with E-state index in [0.717, 1.165) is 35.3 Å². The molecule has 2 nitrogen and oxygen atoms in total. The van der Waals surface area contributed by atoms with Gasteiger partial charge in [-0.25, -0.2) is 9.97 Å². The zero-order valence-corrected chi connectivity index (χ0v) is 10.8. The van der Waals surface area contributed by atoms with E-state index in [2.05, 4.69) is 16.9 Å². The number of rotatable bonds is 2. The van der Waals surface area contributed by atoms with Gasteiger partial charge in [-0.05, 0) is 31.2 Å². The van der Waals surface area contributed by atoms with Crippen molar-refractivity contribution in [1.82, 2.24) is 9.97 Å². The van der Waals surface area contributed by atoms with Gasteiger partial charge in [0.15, 0.2) is 0 Å². The summed E-state index contributed by atoms with van der Waals surface area (Å²) in [4.78, 5) is 11.6. The topological polar surface area (TPSA) is 25.8 Å². The molecule has 1 aliphatic rings. The maximum Gasteiger partial charge on any atom is 0.141 e. The van der Waals surface area contributed by atoms with E-state index in [4.69, 9.17) is 11.6 Å². The normalized spacial score (nSPS) is 14.6. The largest absolute Gasteiger partial charge is 0.222 e. The van der Waals surface area contributed by atoms with Gasteiger partial charge in [-0.3, -0.25) is 0 Å². The van der Waals surface area contributed by atoms with Crippen LogP contribution in [0.4, 0.5) is 0 Å². The smallest absolute Gasteiger partial charge is 0.141 e. The monoisotopic (exact) mass is 252 g/mol. The van der Waals surface area contributed by atoms with E-state index in [-0.39, 0.29) is 0 Å². The Morgan fingerprint density at radius 2 is 2.19 bits per heavy atom. The van der Waals surface area contributed by atoms with Crippen LogP contribution >= 0.6 is 22.9 Å². The van der Waals surface area contributed by atoms with Crippen molar-refractivity contribution in [2.75, 3.05) is 0 Å². The fourth-order valence-electron chi connectivity index (χ4n) is 2.33. The molecule has 2 aromatic rings. The number of aromatic nitrogens is 2. The molecular weight excluding hydrogens is 240 g/mol. The molecular formula is C12H13ClN2S. The Morgan fingerprint density at radius 1 is 1.31 bits per heavy atom. The SMILES string of the molecule is CCCc1nc(Cl)c2c3c(sc2n1)CCC3. The summed E-state index contributed by atoms with van der Waals surface area (Å²) in [6.07, 6.45) is 5.57. The Hall–Kier alpha value is -0.670. The van der Waals surface area contributed by atoms with Crippen LogP contribution in [0.25, 0.3) is 10.2 Å². The fraction of sp³-hybridized carbons (Fsp3) is 0.500. The van der Waals surface area contributed by atoms with E-state index < -0.39 is 0 Å². The van der Waals surface area contributed by atoms with Crippen molar-refractivity contribution in [2.45, 2.75) is 39.0 Å². The molecule has 2 aromatic heterocycles. The van der Waals surface area contributed by atoms with E-state index in [1.807, 2.05) is 0 Å². The van der Waals surface area contributed by atoms with E-state index >= 15 is 0 Å². The second-order valence-electron chi connectivity index (χ2n) is 4.22. The highest BCUT2D eigenvalue weighted by Gasteiger charge is 2.21. The summed E-state index contributed by atoms with van der Waals surface area (Å²) in [6.45, 7) is 2.13. The molecule has 0 saturated heterocycles. The molecule has 0 aromatic carbocycles. The lowest BCUT2D eigenvalue weighted by Crippen LogP contribution is -1.95. The minimum atomic E-state index is 0.660. The van der Waals surface area contributed by atoms with Crippen LogP contribution in [0.1, 0.15) is 36.0 Å². The Kier molecular flexibility index (Phi) is 2.60. The first-order valence-corrected chi connectivity index (χ1v) is 6.95. The summed E-state index contributed by atoms with van der Waals surface area (Å²) in [5.74, 6) is 0.889. The molecule has 84 valence electrons. The first kappa shape index (κ1) is 10.5. The molecule has 0 bridgehead atoms. The summed E-state index contributed by atoms with van der Waals surface area (Å²) in [5, 5.41) is 1.78. The molecule has 16 heavy (non-hydrogen) atoms. The minimum Gasteiger partial charge on any atom is -0.222 e. The lowest BCUT2D eigenvalue weighted by Gasteiger charge is -2.00. The van der Waals surface area contributed by atoms with E-state index in [0.29, 0.717) is 5.15 Å². The van der Waals surface area contributed by atoms with Crippen LogP contribution < -0.4 is 0 Å². The maximum absolute atomic E-state index is 6.28. The van der Waals surface area contributed by atoms with Crippen molar-refractivity contribution in [3.8, 4) is 0 Å². The van der Waals surface area contributed by atoms with Crippen molar-refractivity contribution in [3.63, 3.8) is 0 Å². The Balaban J connectivity index is 2.22. The van der Waals surface area contributed by atoms with E-state index in [1.54, 1.807) is 11.3 Å². The number of nitrogens with zero attached hydrogens (tertiary/aromatic N) is 2. The lowest BCUT2D eigenvalue weighted by atomic mass is 10.2. The van der Waals surface area contributed by atoms with Gasteiger partial charge in [0.1, 0.15) is 15.8 Å². The third-order valence-corrected chi connectivity index (χ3v) is 4.50. The quantitative estimate of drug-likeness (QED) is 0.760. The van der Waals surface area contributed by atoms with Crippen LogP contribution in [0.15, 0.2) is 0 Å². The summed E-state index contributed by atoms with van der Waals surface area (Å²) in [5.41, 5.74) is 1.41. The summed E-state index contributed by atoms with van der Waals surface area (Å²) >= 11 is 8.08. The average molecular weight is 253 g/mol. The van der Waals surface area contributed by atoms with Crippen molar-refractivity contribution in [1.29, 1.82) is 0 Å². The molecule has 0 aliphatic heterocycles. The van der Waals surface area contributed by atoms with E-state index in [1.165, 1.54) is 23.3 Å². The molecule has 0 fully saturated rings. The van der Waals surface area contributed by atoms with Gasteiger partial charge in [-0.15, -0.1) is 11.3 Å². The predicted molar refractivity (Wildman–Crippen MR) is 68.4 cm³/mol. The number of hydrogen-bond donors (Lipinski definition) is 0. The minimum absolute atomic E-state index is 0.660. The zero-order valence-electron chi connectivity index (χ0n) is 9.22. The van der Waals surface area contributed by atoms with E-state index in [9.17, 15) is 0 Å². The van der Waals surface area contributed by atoms with Gasteiger partial charge >= 0.3 is 0 Å². The Labute approximate surface area is 104 Å². The number of thiophene rings is 1. The van der Waals surface area contributed by atoms with Crippen LogP contribution in [0.3, 0.4) is 0 Å². The highest BCUT2D eigenvalue weighted by atomic mass is 35.5. The molecule has 0 amide bonds. The number of fused-ring (bicyclic) bond motifs is 3. The van der Waals surface area contributed by atoms with Crippen LogP contribution in [0, 0.1) is 0 Å². The van der Waals surface area contributed by atoms with Gasteiger partial charge < -0.3 is 0 Å². The molecule has 4 heteroatoms. The highest BCUT2D eigenvalue weighted by Crippen LogP contribution is 2.39. The Morgan fingerprint density at radius 3 is 3.00 bits per heavy atom. The molecule has 0 atom stereocenters. The zero-order chi connectivity index (χ0) is 11.1. The van der Waals surface area contributed by atoms with Crippen molar-refractivity contribution in [3.05, 3.63) is 21.4 Å². The van der Waals surface area contributed by atoms with Gasteiger partial charge in [-0.2, -0.15) is 0 Å². The summed E-state index contributed by atoms with van der Waals surface area (Å²) in [6, 6.07) is 0. The molecule has 2 heterocycles. The Bertz CT molecular complexity index is 547. The first-order chi connectivity index (χ1) is 7.79. The number of hydrogen-bond acceptors (Lipinski definition) is 3. The molecule has 0 unspecified atom stereocenters. The van der Waals surface area contributed by atoms with Crippen molar-refractivity contribution in [2.24, 2.45) is 0 Å². The third kappa shape index (κ3) is 1.54. The standard InChI is InChI=1S/C12H13ClN2S/c1-2-4-9-14-11(13)10-7-5-3-6-8(7)16-12(10)15-9/h2-6H2,1H3. The van der Waals surface area contributed by atoms with Crippen LogP contribution in [-0.2, 0) is 19.3 Å². The fourth-order valence-corrected chi connectivity index (χ4v) is 3.97. The predicted octanol–water partition coefficient (Wildman–Crippen LogP) is 3.79. The maximum atomic E-state index is 6.28. The molecule has 0 radical (unpaired) electrons. The second-order valence-corrected chi connectivity index (χ2v) is 5.66. The van der Waals surface area contributed by atoms with Gasteiger partial charge in [-0.1, -0.05) is 18.5 Å². The average Bonchev–Trinajstić information content (AvgIpc) is 2.76. The van der Waals surface area contributed by atoms with Crippen molar-refractivity contribution >= 4 is 33.2 Å². The first-order valence-electron chi connectivity index (χ1n) is 5.76. The molecule has 3 rings (SSSR count). The summed E-state index contributed by atoms with van der Waals surface area (Å²) in [7, 11) is 0. The van der Waals surface area contributed by atoms with Gasteiger partial charge in [0.05, 0.1) is 5.39 Å². The number of halogens is 1. The van der Waals surface area contributed by atoms with Crippen LogP contribution in [0.2, 0.25) is 5.15 Å². The molecule has 0 spiro atoms.